The highest BCUT2D eigenvalue weighted by Crippen LogP contribution is 2.54. The first kappa shape index (κ1) is 19.9. The van der Waals surface area contributed by atoms with Gasteiger partial charge in [-0.05, 0) is 18.2 Å². The average Bonchev–Trinajstić information content (AvgIpc) is 3.41. The van der Waals surface area contributed by atoms with E-state index in [0.717, 1.165) is 16.9 Å². The minimum Gasteiger partial charge on any atom is -0.492 e. The third-order valence-corrected chi connectivity index (χ3v) is 6.33. The second-order valence-electron chi connectivity index (χ2n) is 8.21. The van der Waals surface area contributed by atoms with Crippen molar-refractivity contribution in [3.63, 3.8) is 0 Å². The Morgan fingerprint density at radius 2 is 1.66 bits per heavy atom. The lowest BCUT2D eigenvalue weighted by molar-refractivity contribution is -0.277. The van der Waals surface area contributed by atoms with Crippen molar-refractivity contribution in [2.75, 3.05) is 20.0 Å². The molecule has 0 radical (unpaired) electrons. The van der Waals surface area contributed by atoms with Gasteiger partial charge in [-0.15, -0.1) is 0 Å². The van der Waals surface area contributed by atoms with Gasteiger partial charge in [0.15, 0.2) is 11.5 Å². The van der Waals surface area contributed by atoms with Crippen LogP contribution in [0.25, 0.3) is 0 Å². The van der Waals surface area contributed by atoms with Crippen molar-refractivity contribution in [1.29, 1.82) is 0 Å². The Hall–Kier alpha value is -2.76. The standard InChI is InChI=1S/C22H22O10/c23-6-17-18(24)19(25)20(26)22(32-17)30-9-1-2-10-13(3-9)27-7-12-11-4-15-16(29-8-28-15)5-14(11)31-21(10)12/h1-5,12,17-26H,6-8H2/t12-,17+,18+,19-,20+,21-,22+/m0/s1. The summed E-state index contributed by atoms with van der Waals surface area (Å²) >= 11 is 0. The monoisotopic (exact) mass is 446 g/mol. The van der Waals surface area contributed by atoms with E-state index in [4.69, 9.17) is 28.4 Å². The number of hydrogen-bond donors (Lipinski definition) is 4. The lowest BCUT2D eigenvalue weighted by Crippen LogP contribution is -2.60. The molecule has 0 amide bonds. The lowest BCUT2D eigenvalue weighted by atomic mass is 9.89. The second kappa shape index (κ2) is 7.39. The zero-order valence-electron chi connectivity index (χ0n) is 16.8. The predicted molar refractivity (Wildman–Crippen MR) is 105 cm³/mol. The van der Waals surface area contributed by atoms with Crippen LogP contribution in [0.15, 0.2) is 30.3 Å². The zero-order valence-corrected chi connectivity index (χ0v) is 16.8. The van der Waals surface area contributed by atoms with E-state index in [-0.39, 0.29) is 18.8 Å². The summed E-state index contributed by atoms with van der Waals surface area (Å²) in [6.07, 6.45) is -7.01. The minimum atomic E-state index is -1.51. The molecule has 0 aromatic heterocycles. The van der Waals surface area contributed by atoms with Gasteiger partial charge in [0.1, 0.15) is 47.8 Å². The van der Waals surface area contributed by atoms with Crippen LogP contribution in [0.1, 0.15) is 23.1 Å². The maximum absolute atomic E-state index is 10.2. The van der Waals surface area contributed by atoms with E-state index in [1.54, 1.807) is 12.1 Å². The number of fused-ring (bicyclic) bond motifs is 6. The van der Waals surface area contributed by atoms with E-state index in [2.05, 4.69) is 0 Å². The topological polar surface area (TPSA) is 136 Å². The van der Waals surface area contributed by atoms with Gasteiger partial charge in [-0.2, -0.15) is 0 Å². The van der Waals surface area contributed by atoms with Gasteiger partial charge in [-0.3, -0.25) is 0 Å². The number of ether oxygens (including phenoxy) is 6. The van der Waals surface area contributed by atoms with Crippen LogP contribution >= 0.6 is 0 Å². The fourth-order valence-corrected chi connectivity index (χ4v) is 4.60. The first-order valence-corrected chi connectivity index (χ1v) is 10.4. The Bertz CT molecular complexity index is 1040. The van der Waals surface area contributed by atoms with Gasteiger partial charge in [0.2, 0.25) is 13.1 Å². The molecule has 4 heterocycles. The molecule has 4 aliphatic rings. The van der Waals surface area contributed by atoms with Crippen molar-refractivity contribution in [2.24, 2.45) is 0 Å². The molecule has 10 nitrogen and oxygen atoms in total. The average molecular weight is 446 g/mol. The normalized spacial score (nSPS) is 34.1. The van der Waals surface area contributed by atoms with Crippen LogP contribution in [0.2, 0.25) is 0 Å². The first-order valence-electron chi connectivity index (χ1n) is 10.4. The number of aliphatic hydroxyl groups excluding tert-OH is 4. The van der Waals surface area contributed by atoms with E-state index in [1.165, 1.54) is 0 Å². The molecule has 2 aromatic rings. The molecule has 2 aromatic carbocycles. The molecule has 1 fully saturated rings. The summed E-state index contributed by atoms with van der Waals surface area (Å²) in [5, 5.41) is 39.4. The third kappa shape index (κ3) is 2.99. The molecule has 7 atom stereocenters. The molecular weight excluding hydrogens is 424 g/mol. The molecule has 4 aliphatic heterocycles. The van der Waals surface area contributed by atoms with Crippen LogP contribution in [0.3, 0.4) is 0 Å². The largest absolute Gasteiger partial charge is 0.492 e. The lowest BCUT2D eigenvalue weighted by Gasteiger charge is -2.39. The molecule has 32 heavy (non-hydrogen) atoms. The van der Waals surface area contributed by atoms with E-state index in [9.17, 15) is 20.4 Å². The molecule has 4 N–H and O–H groups in total. The predicted octanol–water partition coefficient (Wildman–Crippen LogP) is 0.204. The molecule has 6 rings (SSSR count). The molecule has 10 heteroatoms. The van der Waals surface area contributed by atoms with Crippen molar-refractivity contribution >= 4 is 0 Å². The molecule has 1 saturated heterocycles. The summed E-state index contributed by atoms with van der Waals surface area (Å²) in [6.45, 7) is 0.0648. The molecule has 0 unspecified atom stereocenters. The summed E-state index contributed by atoms with van der Waals surface area (Å²) in [5.74, 6) is 3.00. The number of aliphatic hydroxyl groups is 4. The summed E-state index contributed by atoms with van der Waals surface area (Å²) in [4.78, 5) is 0. The molecule has 0 aliphatic carbocycles. The van der Waals surface area contributed by atoms with Crippen molar-refractivity contribution in [1.82, 2.24) is 0 Å². The first-order chi connectivity index (χ1) is 15.5. The van der Waals surface area contributed by atoms with Crippen LogP contribution in [-0.4, -0.2) is 71.1 Å². The van der Waals surface area contributed by atoms with Crippen LogP contribution in [0.5, 0.6) is 28.7 Å². The fourth-order valence-electron chi connectivity index (χ4n) is 4.60. The van der Waals surface area contributed by atoms with E-state index in [1.807, 2.05) is 18.2 Å². The molecule has 170 valence electrons. The van der Waals surface area contributed by atoms with Crippen molar-refractivity contribution in [3.8, 4) is 28.7 Å². The molecule has 0 saturated carbocycles. The summed E-state index contributed by atoms with van der Waals surface area (Å²) < 4.78 is 34.2. The maximum Gasteiger partial charge on any atom is 0.231 e. The number of hydrogen-bond acceptors (Lipinski definition) is 10. The fraction of sp³-hybridized carbons (Fsp3) is 0.455. The van der Waals surface area contributed by atoms with Gasteiger partial charge in [-0.25, -0.2) is 0 Å². The van der Waals surface area contributed by atoms with E-state index < -0.39 is 37.3 Å². The van der Waals surface area contributed by atoms with E-state index >= 15 is 0 Å². The minimum absolute atomic E-state index is 0.00390. The summed E-state index contributed by atoms with van der Waals surface area (Å²) in [5.41, 5.74) is 1.85. The summed E-state index contributed by atoms with van der Waals surface area (Å²) in [6, 6.07) is 8.94. The number of rotatable bonds is 3. The Morgan fingerprint density at radius 3 is 2.47 bits per heavy atom. The highest BCUT2D eigenvalue weighted by Gasteiger charge is 2.45. The van der Waals surface area contributed by atoms with Crippen LogP contribution < -0.4 is 23.7 Å². The van der Waals surface area contributed by atoms with Gasteiger partial charge < -0.3 is 48.8 Å². The zero-order chi connectivity index (χ0) is 22.0. The van der Waals surface area contributed by atoms with Gasteiger partial charge >= 0.3 is 0 Å². The Labute approximate surface area is 182 Å². The SMILES string of the molecule is OC[C@H]1O[C@@H](Oc2ccc3c(c2)OC[C@H]2c4cc5c(cc4O[C@@H]32)OCO5)[C@H](O)[C@@H](O)[C@@H]1O. The number of benzene rings is 2. The van der Waals surface area contributed by atoms with Gasteiger partial charge in [0, 0.05) is 23.3 Å². The highest BCUT2D eigenvalue weighted by molar-refractivity contribution is 5.57. The van der Waals surface area contributed by atoms with Crippen molar-refractivity contribution in [2.45, 2.75) is 42.7 Å². The Balaban J connectivity index is 1.23. The van der Waals surface area contributed by atoms with Crippen molar-refractivity contribution < 1.29 is 48.8 Å². The summed E-state index contributed by atoms with van der Waals surface area (Å²) in [7, 11) is 0. The van der Waals surface area contributed by atoms with Crippen LogP contribution in [0.4, 0.5) is 0 Å². The smallest absolute Gasteiger partial charge is 0.231 e. The van der Waals surface area contributed by atoms with Gasteiger partial charge in [0.25, 0.3) is 0 Å². The molecule has 0 bridgehead atoms. The Kier molecular flexibility index (Phi) is 4.60. The second-order valence-corrected chi connectivity index (χ2v) is 8.21. The molecule has 0 spiro atoms. The Morgan fingerprint density at radius 1 is 0.844 bits per heavy atom. The van der Waals surface area contributed by atoms with Gasteiger partial charge in [-0.1, -0.05) is 0 Å². The molecular formula is C22H22O10. The van der Waals surface area contributed by atoms with Crippen LogP contribution in [-0.2, 0) is 4.74 Å². The highest BCUT2D eigenvalue weighted by atomic mass is 16.7. The third-order valence-electron chi connectivity index (χ3n) is 6.33. The quantitative estimate of drug-likeness (QED) is 0.518. The van der Waals surface area contributed by atoms with Crippen molar-refractivity contribution in [3.05, 3.63) is 41.5 Å². The van der Waals surface area contributed by atoms with Crippen LogP contribution in [0, 0.1) is 0 Å². The van der Waals surface area contributed by atoms with Gasteiger partial charge in [0.05, 0.1) is 19.1 Å². The van der Waals surface area contributed by atoms with E-state index in [0.29, 0.717) is 29.6 Å². The maximum atomic E-state index is 10.2.